The molecule has 0 radical (unpaired) electrons. The topological polar surface area (TPSA) is 76.4 Å². The largest absolute Gasteiger partial charge is 0.281 e. The molecule has 3 rings (SSSR count). The fourth-order valence-corrected chi connectivity index (χ4v) is 4.38. The van der Waals surface area contributed by atoms with Crippen LogP contribution in [-0.4, -0.2) is 22.8 Å². The number of imidazole rings is 1. The van der Waals surface area contributed by atoms with Gasteiger partial charge in [-0.15, -0.1) is 11.3 Å². The van der Waals surface area contributed by atoms with Crippen molar-refractivity contribution < 1.29 is 8.42 Å². The molecule has 1 N–H and O–H groups in total. The Morgan fingerprint density at radius 1 is 1.30 bits per heavy atom. The van der Waals surface area contributed by atoms with Crippen LogP contribution in [0.2, 0.25) is 10.3 Å². The second-order valence-corrected chi connectivity index (χ2v) is 6.90. The maximum Gasteiger partial charge on any atom is 0.281 e. The summed E-state index contributed by atoms with van der Waals surface area (Å²) in [7, 11) is -3.92. The van der Waals surface area contributed by atoms with Crippen LogP contribution in [0.4, 0.5) is 5.69 Å². The summed E-state index contributed by atoms with van der Waals surface area (Å²) in [6, 6.07) is 3.08. The highest BCUT2D eigenvalue weighted by atomic mass is 35.5. The highest BCUT2D eigenvalue weighted by Crippen LogP contribution is 2.28. The third-order valence-corrected chi connectivity index (χ3v) is 5.26. The molecule has 104 valence electrons. The summed E-state index contributed by atoms with van der Waals surface area (Å²) in [6.45, 7) is 0. The molecule has 0 aromatic carbocycles. The van der Waals surface area contributed by atoms with Gasteiger partial charge in [0, 0.05) is 17.8 Å². The standard InChI is InChI=1S/C10H6Cl2N4O2S2/c11-7-6(2-1-3-13-7)15-20(17,18)9-8(12)14-10-16(9)4-5-19-10/h1-5,15H. The summed E-state index contributed by atoms with van der Waals surface area (Å²) < 4.78 is 28.6. The van der Waals surface area contributed by atoms with Crippen LogP contribution in [0.1, 0.15) is 0 Å². The van der Waals surface area contributed by atoms with Gasteiger partial charge in [0.1, 0.15) is 0 Å². The highest BCUT2D eigenvalue weighted by Gasteiger charge is 2.25. The van der Waals surface area contributed by atoms with Crippen LogP contribution in [0.15, 0.2) is 34.9 Å². The second-order valence-electron chi connectivity index (χ2n) is 3.71. The fourth-order valence-electron chi connectivity index (χ4n) is 1.63. The quantitative estimate of drug-likeness (QED) is 0.738. The number of fused-ring (bicyclic) bond motifs is 1. The molecule has 0 unspecified atom stereocenters. The lowest BCUT2D eigenvalue weighted by Gasteiger charge is -2.08. The molecule has 3 aromatic heterocycles. The van der Waals surface area contributed by atoms with Gasteiger partial charge in [-0.2, -0.15) is 8.42 Å². The van der Waals surface area contributed by atoms with Crippen LogP contribution in [0.3, 0.4) is 0 Å². The third kappa shape index (κ3) is 2.24. The number of hydrogen-bond acceptors (Lipinski definition) is 5. The lowest BCUT2D eigenvalue weighted by atomic mass is 10.4. The van der Waals surface area contributed by atoms with E-state index in [0.717, 1.165) is 0 Å². The molecule has 10 heteroatoms. The maximum atomic E-state index is 12.4. The van der Waals surface area contributed by atoms with Gasteiger partial charge in [-0.05, 0) is 12.1 Å². The Bertz CT molecular complexity index is 888. The van der Waals surface area contributed by atoms with E-state index in [4.69, 9.17) is 23.2 Å². The molecular formula is C10H6Cl2N4O2S2. The summed E-state index contributed by atoms with van der Waals surface area (Å²) >= 11 is 13.0. The van der Waals surface area contributed by atoms with Crippen LogP contribution in [0.25, 0.3) is 4.96 Å². The van der Waals surface area contributed by atoms with Gasteiger partial charge in [0.15, 0.2) is 20.3 Å². The number of aromatic nitrogens is 3. The lowest BCUT2D eigenvalue weighted by molar-refractivity contribution is 0.596. The smallest absolute Gasteiger partial charge is 0.278 e. The number of sulfonamides is 1. The summed E-state index contributed by atoms with van der Waals surface area (Å²) in [6.07, 6.45) is 3.04. The van der Waals surface area contributed by atoms with Crippen LogP contribution in [0, 0.1) is 0 Å². The predicted octanol–water partition coefficient (Wildman–Crippen LogP) is 2.90. The number of hydrogen-bond donors (Lipinski definition) is 1. The van der Waals surface area contributed by atoms with Gasteiger partial charge in [-0.25, -0.2) is 9.97 Å². The average Bonchev–Trinajstić information content (AvgIpc) is 2.91. The minimum Gasteiger partial charge on any atom is -0.278 e. The van der Waals surface area contributed by atoms with Gasteiger partial charge in [0.25, 0.3) is 10.0 Å². The summed E-state index contributed by atoms with van der Waals surface area (Å²) in [5.74, 6) is 0. The molecule has 0 aliphatic carbocycles. The molecule has 0 fully saturated rings. The molecule has 20 heavy (non-hydrogen) atoms. The van der Waals surface area contributed by atoms with Crippen LogP contribution >= 0.6 is 34.5 Å². The first-order valence-electron chi connectivity index (χ1n) is 5.23. The number of nitrogens with zero attached hydrogens (tertiary/aromatic N) is 3. The van der Waals surface area contributed by atoms with Crippen molar-refractivity contribution in [3.63, 3.8) is 0 Å². The van der Waals surface area contributed by atoms with E-state index in [1.54, 1.807) is 17.6 Å². The van der Waals surface area contributed by atoms with Crippen LogP contribution in [0.5, 0.6) is 0 Å². The maximum absolute atomic E-state index is 12.4. The molecule has 0 atom stereocenters. The van der Waals surface area contributed by atoms with Crippen molar-refractivity contribution in [3.05, 3.63) is 40.2 Å². The number of anilines is 1. The number of nitrogens with one attached hydrogen (secondary N) is 1. The Balaban J connectivity index is 2.11. The van der Waals surface area contributed by atoms with Gasteiger partial charge in [-0.1, -0.05) is 23.2 Å². The number of rotatable bonds is 3. The van der Waals surface area contributed by atoms with E-state index in [1.165, 1.54) is 28.0 Å². The first-order chi connectivity index (χ1) is 9.49. The van der Waals surface area contributed by atoms with Crippen molar-refractivity contribution in [3.8, 4) is 0 Å². The number of halogens is 2. The minimum atomic E-state index is -3.92. The van der Waals surface area contributed by atoms with Gasteiger partial charge in [-0.3, -0.25) is 9.12 Å². The highest BCUT2D eigenvalue weighted by molar-refractivity contribution is 7.92. The van der Waals surface area contributed by atoms with Gasteiger partial charge in [0.05, 0.1) is 5.69 Å². The third-order valence-electron chi connectivity index (χ3n) is 2.44. The van der Waals surface area contributed by atoms with Crippen LogP contribution < -0.4 is 4.72 Å². The fraction of sp³-hybridized carbons (Fsp3) is 0. The molecule has 0 aliphatic rings. The Kier molecular flexibility index (Phi) is 3.33. The van der Waals surface area contributed by atoms with E-state index < -0.39 is 10.0 Å². The molecular weight excluding hydrogens is 343 g/mol. The first kappa shape index (κ1) is 13.6. The van der Waals surface area contributed by atoms with Gasteiger partial charge < -0.3 is 0 Å². The molecule has 3 heterocycles. The van der Waals surface area contributed by atoms with E-state index in [0.29, 0.717) is 4.96 Å². The molecule has 0 bridgehead atoms. The second kappa shape index (κ2) is 4.88. The predicted molar refractivity (Wildman–Crippen MR) is 78.1 cm³/mol. The van der Waals surface area contributed by atoms with E-state index in [2.05, 4.69) is 14.7 Å². The molecule has 0 saturated carbocycles. The Morgan fingerprint density at radius 2 is 2.10 bits per heavy atom. The van der Waals surface area contributed by atoms with Crippen LogP contribution in [-0.2, 0) is 10.0 Å². The van der Waals surface area contributed by atoms with Crippen molar-refractivity contribution in [2.75, 3.05) is 4.72 Å². The van der Waals surface area contributed by atoms with Crippen molar-refractivity contribution in [2.24, 2.45) is 0 Å². The molecule has 0 aliphatic heterocycles. The van der Waals surface area contributed by atoms with E-state index in [-0.39, 0.29) is 21.0 Å². The van der Waals surface area contributed by atoms with Crippen molar-refractivity contribution >= 4 is 55.2 Å². The molecule has 0 saturated heterocycles. The zero-order valence-corrected chi connectivity index (χ0v) is 12.8. The lowest BCUT2D eigenvalue weighted by Crippen LogP contribution is -2.15. The Morgan fingerprint density at radius 3 is 2.85 bits per heavy atom. The summed E-state index contributed by atoms with van der Waals surface area (Å²) in [5.41, 5.74) is 0.176. The molecule has 3 aromatic rings. The van der Waals surface area contributed by atoms with Crippen molar-refractivity contribution in [2.45, 2.75) is 5.03 Å². The van der Waals surface area contributed by atoms with E-state index in [9.17, 15) is 8.42 Å². The normalized spacial score (nSPS) is 11.9. The monoisotopic (exact) mass is 348 g/mol. The van der Waals surface area contributed by atoms with Crippen molar-refractivity contribution in [1.29, 1.82) is 0 Å². The zero-order chi connectivity index (χ0) is 14.3. The van der Waals surface area contributed by atoms with E-state index >= 15 is 0 Å². The number of pyridine rings is 1. The number of thiazole rings is 1. The van der Waals surface area contributed by atoms with Gasteiger partial charge >= 0.3 is 0 Å². The SMILES string of the molecule is O=S(=O)(Nc1cccnc1Cl)c1c(Cl)nc2sccn12. The summed E-state index contributed by atoms with van der Waals surface area (Å²) in [4.78, 5) is 8.28. The molecule has 0 spiro atoms. The Hall–Kier alpha value is -1.35. The average molecular weight is 349 g/mol. The van der Waals surface area contributed by atoms with Gasteiger partial charge in [0.2, 0.25) is 0 Å². The Labute approximate surface area is 128 Å². The van der Waals surface area contributed by atoms with Crippen molar-refractivity contribution in [1.82, 2.24) is 14.4 Å². The zero-order valence-electron chi connectivity index (χ0n) is 9.62. The molecule has 6 nitrogen and oxygen atoms in total. The molecule has 0 amide bonds. The minimum absolute atomic E-state index is 0.0540. The summed E-state index contributed by atoms with van der Waals surface area (Å²) in [5, 5.41) is 1.55. The van der Waals surface area contributed by atoms with E-state index in [1.807, 2.05) is 0 Å². The first-order valence-corrected chi connectivity index (χ1v) is 8.35.